The summed E-state index contributed by atoms with van der Waals surface area (Å²) in [4.78, 5) is 35.6. The van der Waals surface area contributed by atoms with E-state index in [1.807, 2.05) is 44.2 Å². The number of non-ortho nitro benzene ring substituents is 2. The predicted molar refractivity (Wildman–Crippen MR) is 153 cm³/mol. The van der Waals surface area contributed by atoms with Crippen molar-refractivity contribution in [2.24, 2.45) is 5.41 Å². The number of carbonyl (C=O) groups is 1. The lowest BCUT2D eigenvalue weighted by Gasteiger charge is -2.40. The first kappa shape index (κ1) is 26.2. The molecule has 1 aliphatic heterocycles. The molecule has 1 atom stereocenters. The summed E-state index contributed by atoms with van der Waals surface area (Å²) in [6.45, 7) is 4.01. The van der Waals surface area contributed by atoms with Gasteiger partial charge < -0.3 is 5.32 Å². The van der Waals surface area contributed by atoms with E-state index >= 15 is 0 Å². The molecule has 1 aliphatic carbocycles. The van der Waals surface area contributed by atoms with Gasteiger partial charge in [0.25, 0.3) is 11.4 Å². The van der Waals surface area contributed by atoms with E-state index in [2.05, 4.69) is 21.2 Å². The zero-order valence-corrected chi connectivity index (χ0v) is 22.8. The van der Waals surface area contributed by atoms with Crippen LogP contribution in [0.4, 0.5) is 11.4 Å². The summed E-state index contributed by atoms with van der Waals surface area (Å²) in [7, 11) is 0. The molecule has 5 rings (SSSR count). The topological polar surface area (TPSA) is 115 Å². The van der Waals surface area contributed by atoms with Gasteiger partial charge in [-0.15, -0.1) is 0 Å². The van der Waals surface area contributed by atoms with Crippen LogP contribution in [-0.2, 0) is 4.79 Å². The molecule has 0 saturated carbocycles. The van der Waals surface area contributed by atoms with Gasteiger partial charge in [-0.3, -0.25) is 25.0 Å². The zero-order valence-electron chi connectivity index (χ0n) is 21.2. The van der Waals surface area contributed by atoms with E-state index in [-0.39, 0.29) is 17.2 Å². The summed E-state index contributed by atoms with van der Waals surface area (Å²) in [6, 6.07) is 20.3. The number of hydrogen-bond donors (Lipinski definition) is 1. The summed E-state index contributed by atoms with van der Waals surface area (Å²) >= 11 is 3.47. The molecule has 8 nitrogen and oxygen atoms in total. The Morgan fingerprint density at radius 3 is 2.03 bits per heavy atom. The molecule has 0 bridgehead atoms. The molecule has 0 saturated heterocycles. The van der Waals surface area contributed by atoms with E-state index in [1.165, 1.54) is 24.3 Å². The second-order valence-corrected chi connectivity index (χ2v) is 11.1. The minimum absolute atomic E-state index is 0.0169. The Morgan fingerprint density at radius 2 is 1.46 bits per heavy atom. The number of halogens is 1. The van der Waals surface area contributed by atoms with Crippen molar-refractivity contribution < 1.29 is 14.6 Å². The summed E-state index contributed by atoms with van der Waals surface area (Å²) in [5.41, 5.74) is 4.73. The molecule has 3 aromatic rings. The number of Topliss-reactive ketones (excluding diaryl/α,β-unsaturated/α-hetero) is 1. The van der Waals surface area contributed by atoms with Crippen molar-refractivity contribution in [3.8, 4) is 0 Å². The number of nitrogens with one attached hydrogen (secondary N) is 1. The normalized spacial score (nSPS) is 19.3. The monoisotopic (exact) mass is 585 g/mol. The maximum atomic E-state index is 14.2. The third kappa shape index (κ3) is 5.18. The molecule has 3 aromatic carbocycles. The van der Waals surface area contributed by atoms with Crippen LogP contribution in [0.5, 0.6) is 0 Å². The van der Waals surface area contributed by atoms with Crippen molar-refractivity contribution in [3.63, 3.8) is 0 Å². The Hall–Kier alpha value is -4.37. The molecule has 0 aromatic heterocycles. The molecule has 1 N–H and O–H groups in total. The average molecular weight is 586 g/mol. The van der Waals surface area contributed by atoms with Gasteiger partial charge in [-0.25, -0.2) is 0 Å². The molecule has 0 amide bonds. The van der Waals surface area contributed by atoms with Crippen molar-refractivity contribution >= 4 is 44.9 Å². The van der Waals surface area contributed by atoms with Crippen LogP contribution in [0, 0.1) is 25.6 Å². The van der Waals surface area contributed by atoms with Crippen LogP contribution >= 0.6 is 15.9 Å². The quantitative estimate of drug-likeness (QED) is 0.190. The van der Waals surface area contributed by atoms with Crippen LogP contribution in [0.1, 0.15) is 42.9 Å². The number of benzene rings is 3. The van der Waals surface area contributed by atoms with Crippen LogP contribution in [-0.4, -0.2) is 15.6 Å². The van der Waals surface area contributed by atoms with E-state index in [4.69, 9.17) is 0 Å². The van der Waals surface area contributed by atoms with Gasteiger partial charge in [-0.1, -0.05) is 54.0 Å². The number of carbonyl (C=O) groups excluding carboxylic acids is 1. The Morgan fingerprint density at radius 1 is 0.897 bits per heavy atom. The number of rotatable bonds is 5. The minimum atomic E-state index is -0.521. The molecule has 0 fully saturated rings. The molecule has 39 heavy (non-hydrogen) atoms. The molecular weight excluding hydrogens is 562 g/mol. The van der Waals surface area contributed by atoms with E-state index < -0.39 is 21.2 Å². The van der Waals surface area contributed by atoms with Gasteiger partial charge in [0.2, 0.25) is 0 Å². The molecule has 0 radical (unpaired) electrons. The first-order chi connectivity index (χ1) is 18.5. The SMILES string of the molecule is CC1(C)CC2=C(C(=O)/C1=C\c1ccc([N+](=O)[O-])cc1)C(c1ccc([N+](=O)[O-])cc1)C=C(c1ccc(Br)cc1)N2. The molecule has 196 valence electrons. The third-order valence-corrected chi connectivity index (χ3v) is 7.65. The van der Waals surface area contributed by atoms with E-state index in [0.717, 1.165) is 27.0 Å². The fourth-order valence-electron chi connectivity index (χ4n) is 5.10. The van der Waals surface area contributed by atoms with Crippen LogP contribution in [0.25, 0.3) is 11.8 Å². The van der Waals surface area contributed by atoms with Gasteiger partial charge in [0.1, 0.15) is 0 Å². The lowest BCUT2D eigenvalue weighted by atomic mass is 9.67. The standard InChI is InChI=1S/C30H24BrN3O5/c1-30(2)17-27-28(29(35)25(30)15-18-3-11-22(12-4-18)33(36)37)24(19-7-13-23(14-8-19)34(38)39)16-26(32-27)20-5-9-21(31)10-6-20/h3-16,24,32H,17H2,1-2H3/b25-15+. The fourth-order valence-corrected chi connectivity index (χ4v) is 5.36. The molecular formula is C30H24BrN3O5. The Kier molecular flexibility index (Phi) is 6.78. The van der Waals surface area contributed by atoms with Gasteiger partial charge in [0, 0.05) is 57.2 Å². The van der Waals surface area contributed by atoms with Gasteiger partial charge in [0.15, 0.2) is 5.78 Å². The van der Waals surface area contributed by atoms with Crippen molar-refractivity contribution in [2.45, 2.75) is 26.2 Å². The first-order valence-corrected chi connectivity index (χ1v) is 13.1. The van der Waals surface area contributed by atoms with Gasteiger partial charge in [0.05, 0.1) is 9.85 Å². The number of nitro groups is 2. The lowest BCUT2D eigenvalue weighted by Crippen LogP contribution is -2.37. The number of nitrogens with zero attached hydrogens (tertiary/aromatic N) is 2. The fraction of sp³-hybridized carbons (Fsp3) is 0.167. The Balaban J connectivity index is 1.61. The van der Waals surface area contributed by atoms with Crippen LogP contribution in [0.15, 0.2) is 100 Å². The van der Waals surface area contributed by atoms with Crippen molar-refractivity contribution in [1.82, 2.24) is 5.32 Å². The molecule has 0 spiro atoms. The van der Waals surface area contributed by atoms with Crippen LogP contribution in [0.2, 0.25) is 0 Å². The minimum Gasteiger partial charge on any atom is -0.358 e. The van der Waals surface area contributed by atoms with E-state index in [9.17, 15) is 25.0 Å². The highest BCUT2D eigenvalue weighted by Gasteiger charge is 2.42. The van der Waals surface area contributed by atoms with Crippen molar-refractivity contribution in [3.05, 3.63) is 137 Å². The van der Waals surface area contributed by atoms with E-state index in [1.54, 1.807) is 30.3 Å². The summed E-state index contributed by atoms with van der Waals surface area (Å²) in [5, 5.41) is 25.8. The maximum Gasteiger partial charge on any atom is 0.269 e. The van der Waals surface area contributed by atoms with Gasteiger partial charge in [-0.2, -0.15) is 0 Å². The highest BCUT2D eigenvalue weighted by molar-refractivity contribution is 9.10. The summed E-state index contributed by atoms with van der Waals surface area (Å²) in [5.74, 6) is -0.550. The molecule has 1 heterocycles. The maximum absolute atomic E-state index is 14.2. The predicted octanol–water partition coefficient (Wildman–Crippen LogP) is 7.33. The third-order valence-electron chi connectivity index (χ3n) is 7.13. The van der Waals surface area contributed by atoms with Gasteiger partial charge >= 0.3 is 0 Å². The second kappa shape index (κ2) is 10.1. The van der Waals surface area contributed by atoms with Gasteiger partial charge in [-0.05, 0) is 64.9 Å². The number of nitro benzene ring substituents is 2. The average Bonchev–Trinajstić information content (AvgIpc) is 2.91. The highest BCUT2D eigenvalue weighted by Crippen LogP contribution is 2.48. The van der Waals surface area contributed by atoms with Crippen molar-refractivity contribution in [2.75, 3.05) is 0 Å². The largest absolute Gasteiger partial charge is 0.358 e. The lowest BCUT2D eigenvalue weighted by molar-refractivity contribution is -0.385. The zero-order chi connectivity index (χ0) is 27.9. The van der Waals surface area contributed by atoms with Crippen molar-refractivity contribution in [1.29, 1.82) is 0 Å². The molecule has 9 heteroatoms. The summed E-state index contributed by atoms with van der Waals surface area (Å²) < 4.78 is 0.949. The van der Waals surface area contributed by atoms with Crippen LogP contribution < -0.4 is 5.32 Å². The smallest absolute Gasteiger partial charge is 0.269 e. The molecule has 1 unspecified atom stereocenters. The Bertz CT molecular complexity index is 1580. The van der Waals surface area contributed by atoms with Crippen LogP contribution in [0.3, 0.4) is 0 Å². The number of dihydropyridines is 1. The summed E-state index contributed by atoms with van der Waals surface area (Å²) in [6.07, 6.45) is 4.35. The first-order valence-electron chi connectivity index (χ1n) is 12.3. The number of hydrogen-bond acceptors (Lipinski definition) is 6. The Labute approximate surface area is 233 Å². The highest BCUT2D eigenvalue weighted by atomic mass is 79.9. The number of allylic oxidation sites excluding steroid dienone is 4. The number of ketones is 1. The van der Waals surface area contributed by atoms with E-state index in [0.29, 0.717) is 23.1 Å². The molecule has 2 aliphatic rings. The second-order valence-electron chi connectivity index (χ2n) is 10.2.